The smallest absolute Gasteiger partial charge is 0.398 e. The van der Waals surface area contributed by atoms with E-state index >= 15 is 0 Å². The van der Waals surface area contributed by atoms with E-state index in [2.05, 4.69) is 14.7 Å². The Balaban J connectivity index is 2.21. The molecule has 1 heterocycles. The van der Waals surface area contributed by atoms with Crippen LogP contribution in [0.5, 0.6) is 0 Å². The van der Waals surface area contributed by atoms with Gasteiger partial charge in [0.05, 0.1) is 6.42 Å². The predicted octanol–water partition coefficient (Wildman–Crippen LogP) is 2.26. The molecule has 0 fully saturated rings. The number of nitrogen functional groups attached to an aromatic ring is 1. The Bertz CT molecular complexity index is 522. The minimum absolute atomic E-state index is 0.0791. The van der Waals surface area contributed by atoms with E-state index in [4.69, 9.17) is 5.73 Å². The van der Waals surface area contributed by atoms with Gasteiger partial charge in [-0.25, -0.2) is 0 Å². The molecule has 2 rings (SSSR count). The molecule has 0 aliphatic carbocycles. The number of benzene rings is 1. The summed E-state index contributed by atoms with van der Waals surface area (Å²) in [7, 11) is 0. The van der Waals surface area contributed by atoms with Crippen LogP contribution in [0.15, 0.2) is 28.8 Å². The van der Waals surface area contributed by atoms with E-state index in [-0.39, 0.29) is 12.3 Å². The van der Waals surface area contributed by atoms with Crippen molar-refractivity contribution in [3.63, 3.8) is 0 Å². The van der Waals surface area contributed by atoms with Crippen LogP contribution in [0.4, 0.5) is 18.9 Å². The molecular weight excluding hydrogens is 235 g/mol. The van der Waals surface area contributed by atoms with Gasteiger partial charge in [-0.05, 0) is 11.6 Å². The molecule has 7 heteroatoms. The Morgan fingerprint density at radius 3 is 2.53 bits per heavy atom. The van der Waals surface area contributed by atoms with Gasteiger partial charge in [0.2, 0.25) is 5.89 Å². The van der Waals surface area contributed by atoms with Crippen molar-refractivity contribution in [3.05, 3.63) is 41.5 Å². The standard InChI is InChI=1S/C10H8F3N3O/c11-10(12,13)9-15-8(17-16-9)5-6-3-1-2-4-7(6)14/h1-4H,5,14H2. The van der Waals surface area contributed by atoms with E-state index in [0.717, 1.165) is 0 Å². The van der Waals surface area contributed by atoms with Gasteiger partial charge in [-0.3, -0.25) is 0 Å². The van der Waals surface area contributed by atoms with Gasteiger partial charge in [0.15, 0.2) is 0 Å². The first-order valence-electron chi connectivity index (χ1n) is 4.70. The Morgan fingerprint density at radius 1 is 1.24 bits per heavy atom. The summed E-state index contributed by atoms with van der Waals surface area (Å²) >= 11 is 0. The highest BCUT2D eigenvalue weighted by atomic mass is 19.4. The number of anilines is 1. The fraction of sp³-hybridized carbons (Fsp3) is 0.200. The highest BCUT2D eigenvalue weighted by molar-refractivity contribution is 5.47. The molecule has 0 saturated heterocycles. The molecule has 0 aliphatic heterocycles. The lowest BCUT2D eigenvalue weighted by Gasteiger charge is -2.00. The third kappa shape index (κ3) is 2.55. The van der Waals surface area contributed by atoms with Crippen molar-refractivity contribution in [2.75, 3.05) is 5.73 Å². The zero-order valence-corrected chi connectivity index (χ0v) is 8.53. The number of para-hydroxylation sites is 1. The molecule has 1 aromatic heterocycles. The van der Waals surface area contributed by atoms with Crippen LogP contribution in [-0.2, 0) is 12.6 Å². The summed E-state index contributed by atoms with van der Waals surface area (Å²) in [6, 6.07) is 6.80. The molecule has 0 amide bonds. The molecule has 0 atom stereocenters. The second-order valence-corrected chi connectivity index (χ2v) is 3.39. The lowest BCUT2D eigenvalue weighted by atomic mass is 10.1. The monoisotopic (exact) mass is 243 g/mol. The second-order valence-electron chi connectivity index (χ2n) is 3.39. The van der Waals surface area contributed by atoms with Crippen molar-refractivity contribution >= 4 is 5.69 Å². The Labute approximate surface area is 94.2 Å². The highest BCUT2D eigenvalue weighted by Gasteiger charge is 2.37. The van der Waals surface area contributed by atoms with Crippen molar-refractivity contribution < 1.29 is 17.7 Å². The van der Waals surface area contributed by atoms with E-state index in [1.54, 1.807) is 24.3 Å². The normalized spacial score (nSPS) is 11.7. The third-order valence-electron chi connectivity index (χ3n) is 2.12. The second kappa shape index (κ2) is 4.08. The van der Waals surface area contributed by atoms with Crippen LogP contribution in [0.3, 0.4) is 0 Å². The molecule has 17 heavy (non-hydrogen) atoms. The molecule has 0 radical (unpaired) electrons. The highest BCUT2D eigenvalue weighted by Crippen LogP contribution is 2.26. The van der Waals surface area contributed by atoms with Crippen LogP contribution in [-0.4, -0.2) is 10.1 Å². The predicted molar refractivity (Wildman–Crippen MR) is 53.0 cm³/mol. The van der Waals surface area contributed by atoms with Gasteiger partial charge in [0.1, 0.15) is 0 Å². The zero-order valence-electron chi connectivity index (χ0n) is 8.53. The van der Waals surface area contributed by atoms with E-state index in [1.807, 2.05) is 0 Å². The molecular formula is C10H8F3N3O. The van der Waals surface area contributed by atoms with Gasteiger partial charge in [0, 0.05) is 5.69 Å². The maximum absolute atomic E-state index is 12.2. The largest absolute Gasteiger partial charge is 0.455 e. The van der Waals surface area contributed by atoms with Gasteiger partial charge in [-0.2, -0.15) is 18.2 Å². The SMILES string of the molecule is Nc1ccccc1Cc1nc(C(F)(F)F)no1. The fourth-order valence-electron chi connectivity index (χ4n) is 1.30. The molecule has 0 unspecified atom stereocenters. The van der Waals surface area contributed by atoms with Gasteiger partial charge >= 0.3 is 6.18 Å². The van der Waals surface area contributed by atoms with E-state index in [0.29, 0.717) is 11.3 Å². The first kappa shape index (κ1) is 11.4. The first-order valence-corrected chi connectivity index (χ1v) is 4.70. The molecule has 0 saturated carbocycles. The van der Waals surface area contributed by atoms with Crippen LogP contribution in [0.1, 0.15) is 17.3 Å². The number of halogens is 3. The molecule has 0 bridgehead atoms. The lowest BCUT2D eigenvalue weighted by molar-refractivity contribution is -0.146. The van der Waals surface area contributed by atoms with Crippen molar-refractivity contribution in [2.45, 2.75) is 12.6 Å². The summed E-state index contributed by atoms with van der Waals surface area (Å²) in [5, 5.41) is 2.86. The summed E-state index contributed by atoms with van der Waals surface area (Å²) in [6.45, 7) is 0. The van der Waals surface area contributed by atoms with Crippen LogP contribution >= 0.6 is 0 Å². The number of hydrogen-bond acceptors (Lipinski definition) is 4. The maximum Gasteiger partial charge on any atom is 0.455 e. The van der Waals surface area contributed by atoms with Crippen molar-refractivity contribution in [3.8, 4) is 0 Å². The minimum atomic E-state index is -4.59. The summed E-state index contributed by atoms with van der Waals surface area (Å²) in [5.41, 5.74) is 6.76. The van der Waals surface area contributed by atoms with Gasteiger partial charge in [-0.1, -0.05) is 23.4 Å². The maximum atomic E-state index is 12.2. The molecule has 2 aromatic rings. The van der Waals surface area contributed by atoms with E-state index < -0.39 is 12.0 Å². The van der Waals surface area contributed by atoms with Gasteiger partial charge in [0.25, 0.3) is 5.82 Å². The van der Waals surface area contributed by atoms with Crippen LogP contribution in [0.25, 0.3) is 0 Å². The quantitative estimate of drug-likeness (QED) is 0.821. The fourth-order valence-corrected chi connectivity index (χ4v) is 1.30. The summed E-state index contributed by atoms with van der Waals surface area (Å²) in [4.78, 5) is 3.26. The van der Waals surface area contributed by atoms with Gasteiger partial charge in [-0.15, -0.1) is 0 Å². The van der Waals surface area contributed by atoms with Crippen molar-refractivity contribution in [2.24, 2.45) is 0 Å². The van der Waals surface area contributed by atoms with E-state index in [1.165, 1.54) is 0 Å². The number of nitrogens with two attached hydrogens (primary N) is 1. The number of nitrogens with zero attached hydrogens (tertiary/aromatic N) is 2. The van der Waals surface area contributed by atoms with E-state index in [9.17, 15) is 13.2 Å². The van der Waals surface area contributed by atoms with Crippen LogP contribution in [0, 0.1) is 0 Å². The Kier molecular flexibility index (Phi) is 2.74. The third-order valence-corrected chi connectivity index (χ3v) is 2.12. The number of alkyl halides is 3. The average molecular weight is 243 g/mol. The van der Waals surface area contributed by atoms with Crippen molar-refractivity contribution in [1.29, 1.82) is 0 Å². The number of hydrogen-bond donors (Lipinski definition) is 1. The number of aromatic nitrogens is 2. The molecule has 0 aliphatic rings. The molecule has 4 nitrogen and oxygen atoms in total. The average Bonchev–Trinajstić information content (AvgIpc) is 2.69. The zero-order chi connectivity index (χ0) is 12.5. The summed E-state index contributed by atoms with van der Waals surface area (Å²) in [6.07, 6.45) is -4.51. The summed E-state index contributed by atoms with van der Waals surface area (Å²) in [5.74, 6) is -1.39. The lowest BCUT2D eigenvalue weighted by Crippen LogP contribution is -2.07. The Morgan fingerprint density at radius 2 is 1.94 bits per heavy atom. The first-order chi connectivity index (χ1) is 7.97. The topological polar surface area (TPSA) is 64.9 Å². The molecule has 1 aromatic carbocycles. The van der Waals surface area contributed by atoms with Crippen molar-refractivity contribution in [1.82, 2.24) is 10.1 Å². The molecule has 0 spiro atoms. The van der Waals surface area contributed by atoms with Gasteiger partial charge < -0.3 is 10.3 Å². The van der Waals surface area contributed by atoms with Crippen LogP contribution in [0.2, 0.25) is 0 Å². The molecule has 90 valence electrons. The Hall–Kier alpha value is -2.05. The molecule has 2 N–H and O–H groups in total. The minimum Gasteiger partial charge on any atom is -0.398 e. The summed E-state index contributed by atoms with van der Waals surface area (Å²) < 4.78 is 41.1. The van der Waals surface area contributed by atoms with Crippen LogP contribution < -0.4 is 5.73 Å². The number of rotatable bonds is 2.